The molecular weight excluding hydrogens is 250 g/mol. The minimum absolute atomic E-state index is 0.0101. The molecule has 0 radical (unpaired) electrons. The Morgan fingerprint density at radius 1 is 1.32 bits per heavy atom. The van der Waals surface area contributed by atoms with E-state index in [2.05, 4.69) is 15.5 Å². The first-order chi connectivity index (χ1) is 9.00. The summed E-state index contributed by atoms with van der Waals surface area (Å²) in [5, 5.41) is 15.2. The molecule has 0 unspecified atom stereocenters. The number of rotatable bonds is 3. The SMILES string of the molecule is Cc1noc(NC(=O)c2ccncc2C(=O)O)c1C. The first-order valence-corrected chi connectivity index (χ1v) is 5.42. The van der Waals surface area contributed by atoms with Crippen LogP contribution in [0.15, 0.2) is 23.0 Å². The van der Waals surface area contributed by atoms with Crippen LogP contribution in [0.4, 0.5) is 5.88 Å². The maximum Gasteiger partial charge on any atom is 0.338 e. The van der Waals surface area contributed by atoms with E-state index in [-0.39, 0.29) is 17.0 Å². The van der Waals surface area contributed by atoms with Crippen molar-refractivity contribution in [3.8, 4) is 0 Å². The number of amides is 1. The summed E-state index contributed by atoms with van der Waals surface area (Å²) < 4.78 is 4.94. The molecule has 1 amide bonds. The number of nitrogens with zero attached hydrogens (tertiary/aromatic N) is 2. The first kappa shape index (κ1) is 12.7. The molecule has 0 aliphatic heterocycles. The number of nitrogens with one attached hydrogen (secondary N) is 1. The van der Waals surface area contributed by atoms with Gasteiger partial charge in [0.2, 0.25) is 5.88 Å². The second kappa shape index (κ2) is 4.89. The number of carbonyl (C=O) groups is 2. The van der Waals surface area contributed by atoms with Crippen molar-refractivity contribution in [2.45, 2.75) is 13.8 Å². The van der Waals surface area contributed by atoms with Crippen LogP contribution in [0, 0.1) is 13.8 Å². The van der Waals surface area contributed by atoms with Crippen LogP contribution in [0.2, 0.25) is 0 Å². The van der Waals surface area contributed by atoms with Crippen LogP contribution in [0.3, 0.4) is 0 Å². The van der Waals surface area contributed by atoms with Crippen LogP contribution in [0.25, 0.3) is 0 Å². The van der Waals surface area contributed by atoms with Crippen LogP contribution < -0.4 is 5.32 Å². The number of hydrogen-bond donors (Lipinski definition) is 2. The fraction of sp³-hybridized carbons (Fsp3) is 0.167. The second-order valence-electron chi connectivity index (χ2n) is 3.90. The van der Waals surface area contributed by atoms with Crippen molar-refractivity contribution in [2.24, 2.45) is 0 Å². The monoisotopic (exact) mass is 261 g/mol. The quantitative estimate of drug-likeness (QED) is 0.870. The van der Waals surface area contributed by atoms with Crippen molar-refractivity contribution in [1.82, 2.24) is 10.1 Å². The van der Waals surface area contributed by atoms with Gasteiger partial charge < -0.3 is 9.63 Å². The summed E-state index contributed by atoms with van der Waals surface area (Å²) >= 11 is 0. The Hall–Kier alpha value is -2.70. The lowest BCUT2D eigenvalue weighted by Gasteiger charge is -2.05. The summed E-state index contributed by atoms with van der Waals surface area (Å²) in [5.41, 5.74) is 1.19. The molecule has 0 aromatic carbocycles. The molecule has 7 heteroatoms. The van der Waals surface area contributed by atoms with E-state index in [0.717, 1.165) is 6.20 Å². The fourth-order valence-electron chi connectivity index (χ4n) is 1.47. The van der Waals surface area contributed by atoms with E-state index in [0.29, 0.717) is 11.3 Å². The summed E-state index contributed by atoms with van der Waals surface area (Å²) in [7, 11) is 0. The number of aromatic nitrogens is 2. The number of aromatic carboxylic acids is 1. The van der Waals surface area contributed by atoms with Gasteiger partial charge >= 0.3 is 5.97 Å². The maximum absolute atomic E-state index is 12.0. The molecule has 2 N–H and O–H groups in total. The molecule has 2 aromatic heterocycles. The number of anilines is 1. The van der Waals surface area contributed by atoms with E-state index in [9.17, 15) is 9.59 Å². The van der Waals surface area contributed by atoms with Gasteiger partial charge in [-0.15, -0.1) is 0 Å². The predicted octanol–water partition coefficient (Wildman–Crippen LogP) is 1.64. The Bertz CT molecular complexity index is 648. The molecule has 2 rings (SSSR count). The second-order valence-corrected chi connectivity index (χ2v) is 3.90. The smallest absolute Gasteiger partial charge is 0.338 e. The topological polar surface area (TPSA) is 105 Å². The third-order valence-corrected chi connectivity index (χ3v) is 2.68. The number of hydrogen-bond acceptors (Lipinski definition) is 5. The minimum Gasteiger partial charge on any atom is -0.478 e. The molecule has 0 saturated heterocycles. The van der Waals surface area contributed by atoms with Crippen molar-refractivity contribution in [2.75, 3.05) is 5.32 Å². The van der Waals surface area contributed by atoms with Crippen LogP contribution in [0.1, 0.15) is 32.0 Å². The van der Waals surface area contributed by atoms with Gasteiger partial charge in [-0.3, -0.25) is 15.1 Å². The molecular formula is C12H11N3O4. The lowest BCUT2D eigenvalue weighted by Crippen LogP contribution is -2.16. The molecule has 0 spiro atoms. The van der Waals surface area contributed by atoms with Crippen LogP contribution in [-0.4, -0.2) is 27.1 Å². The largest absolute Gasteiger partial charge is 0.478 e. The molecule has 0 atom stereocenters. The van der Waals surface area contributed by atoms with Crippen LogP contribution in [0.5, 0.6) is 0 Å². The Morgan fingerprint density at radius 3 is 2.63 bits per heavy atom. The van der Waals surface area contributed by atoms with E-state index in [4.69, 9.17) is 9.63 Å². The van der Waals surface area contributed by atoms with Gasteiger partial charge in [0.25, 0.3) is 5.91 Å². The molecule has 7 nitrogen and oxygen atoms in total. The summed E-state index contributed by atoms with van der Waals surface area (Å²) in [5.74, 6) is -1.60. The Labute approximate surface area is 108 Å². The summed E-state index contributed by atoms with van der Waals surface area (Å²) in [6.45, 7) is 3.48. The number of pyridine rings is 1. The molecule has 0 aliphatic carbocycles. The molecule has 0 bridgehead atoms. The highest BCUT2D eigenvalue weighted by atomic mass is 16.5. The molecule has 0 fully saturated rings. The van der Waals surface area contributed by atoms with Crippen molar-refractivity contribution in [1.29, 1.82) is 0 Å². The highest BCUT2D eigenvalue weighted by Crippen LogP contribution is 2.19. The zero-order valence-electron chi connectivity index (χ0n) is 10.3. The molecule has 0 saturated carbocycles. The standard InChI is InChI=1S/C12H11N3O4/c1-6-7(2)15-19-11(6)14-10(16)8-3-4-13-5-9(8)12(17)18/h3-5H,1-2H3,(H,14,16)(H,17,18). The summed E-state index contributed by atoms with van der Waals surface area (Å²) in [4.78, 5) is 26.7. The maximum atomic E-state index is 12.0. The molecule has 0 aliphatic rings. The molecule has 98 valence electrons. The normalized spacial score (nSPS) is 10.2. The average molecular weight is 261 g/mol. The Kier molecular flexibility index (Phi) is 3.28. The lowest BCUT2D eigenvalue weighted by atomic mass is 10.1. The van der Waals surface area contributed by atoms with Gasteiger partial charge in [-0.1, -0.05) is 5.16 Å². The van der Waals surface area contributed by atoms with Gasteiger partial charge in [-0.25, -0.2) is 4.79 Å². The predicted molar refractivity (Wildman–Crippen MR) is 65.1 cm³/mol. The highest BCUT2D eigenvalue weighted by molar-refractivity contribution is 6.10. The van der Waals surface area contributed by atoms with Gasteiger partial charge in [0, 0.05) is 18.0 Å². The molecule has 2 aromatic rings. The zero-order chi connectivity index (χ0) is 14.0. The zero-order valence-corrected chi connectivity index (χ0v) is 10.3. The van der Waals surface area contributed by atoms with E-state index >= 15 is 0 Å². The van der Waals surface area contributed by atoms with Crippen molar-refractivity contribution in [3.63, 3.8) is 0 Å². The van der Waals surface area contributed by atoms with E-state index in [1.165, 1.54) is 12.3 Å². The van der Waals surface area contributed by atoms with Gasteiger partial charge in [0.05, 0.1) is 16.8 Å². The Morgan fingerprint density at radius 2 is 2.05 bits per heavy atom. The van der Waals surface area contributed by atoms with Crippen molar-refractivity contribution < 1.29 is 19.2 Å². The van der Waals surface area contributed by atoms with Crippen LogP contribution >= 0.6 is 0 Å². The van der Waals surface area contributed by atoms with E-state index in [1.54, 1.807) is 13.8 Å². The van der Waals surface area contributed by atoms with Crippen molar-refractivity contribution in [3.05, 3.63) is 40.8 Å². The summed E-state index contributed by atoms with van der Waals surface area (Å²) in [6, 6.07) is 1.33. The highest BCUT2D eigenvalue weighted by Gasteiger charge is 2.19. The number of aryl methyl sites for hydroxylation is 1. The fourth-order valence-corrected chi connectivity index (χ4v) is 1.47. The third-order valence-electron chi connectivity index (χ3n) is 2.68. The Balaban J connectivity index is 2.31. The van der Waals surface area contributed by atoms with E-state index in [1.807, 2.05) is 0 Å². The van der Waals surface area contributed by atoms with Crippen molar-refractivity contribution >= 4 is 17.8 Å². The number of carboxylic acids is 1. The third kappa shape index (κ3) is 2.44. The number of carboxylic acid groups (broad SMARTS) is 1. The van der Waals surface area contributed by atoms with Gasteiger partial charge in [0.15, 0.2) is 0 Å². The lowest BCUT2D eigenvalue weighted by molar-refractivity contribution is 0.0692. The molecule has 2 heterocycles. The van der Waals surface area contributed by atoms with E-state index < -0.39 is 11.9 Å². The number of carbonyl (C=O) groups excluding carboxylic acids is 1. The van der Waals surface area contributed by atoms with Crippen LogP contribution in [-0.2, 0) is 0 Å². The van der Waals surface area contributed by atoms with Gasteiger partial charge in [-0.2, -0.15) is 0 Å². The van der Waals surface area contributed by atoms with Gasteiger partial charge in [0.1, 0.15) is 0 Å². The minimum atomic E-state index is -1.22. The summed E-state index contributed by atoms with van der Waals surface area (Å²) in [6.07, 6.45) is 2.47. The first-order valence-electron chi connectivity index (χ1n) is 5.42. The molecule has 19 heavy (non-hydrogen) atoms. The van der Waals surface area contributed by atoms with Gasteiger partial charge in [-0.05, 0) is 19.9 Å². The average Bonchev–Trinajstić information content (AvgIpc) is 2.70.